The van der Waals surface area contributed by atoms with Crippen molar-refractivity contribution in [1.82, 2.24) is 9.21 Å². The van der Waals surface area contributed by atoms with E-state index < -0.39 is 28.0 Å². The van der Waals surface area contributed by atoms with Crippen LogP contribution in [0.15, 0.2) is 0 Å². The van der Waals surface area contributed by atoms with E-state index in [1.807, 2.05) is 0 Å². The molecule has 0 aromatic heterocycles. The fourth-order valence-corrected chi connectivity index (χ4v) is 4.04. The Hall–Kier alpha value is -1.15. The molecule has 114 valence electrons. The molecule has 0 radical (unpaired) electrons. The number of carbonyl (C=O) groups is 2. The monoisotopic (exact) mass is 304 g/mol. The van der Waals surface area contributed by atoms with Gasteiger partial charge in [0.2, 0.25) is 15.9 Å². The second kappa shape index (κ2) is 5.69. The number of likely N-dealkylation sites (tertiary alicyclic amines) is 1. The number of carbonyl (C=O) groups excluding carboxylic acids is 1. The third kappa shape index (κ3) is 3.12. The maximum Gasteiger partial charge on any atom is 0.308 e. The Morgan fingerprint density at radius 3 is 2.40 bits per heavy atom. The Kier molecular flexibility index (Phi) is 4.33. The van der Waals surface area contributed by atoms with Gasteiger partial charge < -0.3 is 10.0 Å². The number of nitrogens with zero attached hydrogens (tertiary/aromatic N) is 2. The molecular weight excluding hydrogens is 284 g/mol. The van der Waals surface area contributed by atoms with Crippen molar-refractivity contribution in [1.29, 1.82) is 0 Å². The molecule has 0 spiro atoms. The minimum absolute atomic E-state index is 0.183. The van der Waals surface area contributed by atoms with E-state index in [0.29, 0.717) is 25.9 Å². The predicted octanol–water partition coefficient (Wildman–Crippen LogP) is -0.266. The van der Waals surface area contributed by atoms with Gasteiger partial charge in [-0.1, -0.05) is 6.42 Å². The summed E-state index contributed by atoms with van der Waals surface area (Å²) in [6.07, 6.45) is 3.64. The summed E-state index contributed by atoms with van der Waals surface area (Å²) in [5.41, 5.74) is 0. The number of aliphatic carboxylic acids is 1. The van der Waals surface area contributed by atoms with E-state index in [-0.39, 0.29) is 12.5 Å². The molecule has 8 heteroatoms. The number of sulfonamides is 1. The molecule has 2 atom stereocenters. The summed E-state index contributed by atoms with van der Waals surface area (Å²) in [6, 6.07) is -0.661. The molecule has 2 fully saturated rings. The van der Waals surface area contributed by atoms with Crippen LogP contribution >= 0.6 is 0 Å². The van der Waals surface area contributed by atoms with E-state index in [1.54, 1.807) is 0 Å². The number of carboxylic acid groups (broad SMARTS) is 1. The Bertz CT molecular complexity index is 504. The van der Waals surface area contributed by atoms with Crippen LogP contribution in [0.2, 0.25) is 0 Å². The molecule has 0 aromatic carbocycles. The summed E-state index contributed by atoms with van der Waals surface area (Å²) in [6.45, 7) is 0.942. The first-order chi connectivity index (χ1) is 9.30. The van der Waals surface area contributed by atoms with Gasteiger partial charge in [0.15, 0.2) is 0 Å². The van der Waals surface area contributed by atoms with Gasteiger partial charge in [0.1, 0.15) is 6.04 Å². The molecule has 0 saturated carbocycles. The van der Waals surface area contributed by atoms with Crippen LogP contribution in [0.25, 0.3) is 0 Å². The fraction of sp³-hybridized carbons (Fsp3) is 0.833. The van der Waals surface area contributed by atoms with Crippen molar-refractivity contribution >= 4 is 21.9 Å². The molecule has 2 aliphatic rings. The van der Waals surface area contributed by atoms with Crippen molar-refractivity contribution in [3.63, 3.8) is 0 Å². The maximum absolute atomic E-state index is 12.5. The zero-order valence-corrected chi connectivity index (χ0v) is 12.3. The zero-order chi connectivity index (χ0) is 14.9. The number of amides is 1. The van der Waals surface area contributed by atoms with E-state index in [4.69, 9.17) is 5.11 Å². The molecule has 0 aliphatic carbocycles. The molecule has 0 unspecified atom stereocenters. The molecule has 0 bridgehead atoms. The van der Waals surface area contributed by atoms with Gasteiger partial charge in [-0.3, -0.25) is 9.59 Å². The third-order valence-electron chi connectivity index (χ3n) is 4.01. The van der Waals surface area contributed by atoms with Crippen LogP contribution < -0.4 is 0 Å². The Labute approximate surface area is 118 Å². The molecule has 2 saturated heterocycles. The van der Waals surface area contributed by atoms with Gasteiger partial charge >= 0.3 is 5.97 Å². The molecule has 20 heavy (non-hydrogen) atoms. The van der Waals surface area contributed by atoms with Crippen LogP contribution in [0, 0.1) is 5.92 Å². The number of carboxylic acids is 1. The average Bonchev–Trinajstić information content (AvgIpc) is 2.86. The van der Waals surface area contributed by atoms with E-state index in [9.17, 15) is 18.0 Å². The summed E-state index contributed by atoms with van der Waals surface area (Å²) in [4.78, 5) is 24.9. The summed E-state index contributed by atoms with van der Waals surface area (Å²) in [5.74, 6) is -1.68. The van der Waals surface area contributed by atoms with E-state index in [1.165, 1.54) is 9.21 Å². The number of hydrogen-bond acceptors (Lipinski definition) is 4. The molecule has 2 rings (SSSR count). The zero-order valence-electron chi connectivity index (χ0n) is 11.5. The Morgan fingerprint density at radius 2 is 1.85 bits per heavy atom. The number of hydrogen-bond donors (Lipinski definition) is 1. The van der Waals surface area contributed by atoms with Crippen molar-refractivity contribution in [2.24, 2.45) is 5.92 Å². The summed E-state index contributed by atoms with van der Waals surface area (Å²) in [7, 11) is -3.41. The minimum atomic E-state index is -3.41. The molecule has 2 heterocycles. The first-order valence-corrected chi connectivity index (χ1v) is 8.64. The Balaban J connectivity index is 2.09. The van der Waals surface area contributed by atoms with Crippen LogP contribution in [-0.4, -0.2) is 66.5 Å². The minimum Gasteiger partial charge on any atom is -0.481 e. The highest BCUT2D eigenvalue weighted by atomic mass is 32.2. The van der Waals surface area contributed by atoms with Gasteiger partial charge in [0.05, 0.1) is 12.2 Å². The van der Waals surface area contributed by atoms with Crippen molar-refractivity contribution in [2.75, 3.05) is 25.9 Å². The highest BCUT2D eigenvalue weighted by molar-refractivity contribution is 7.88. The quantitative estimate of drug-likeness (QED) is 0.774. The second-order valence-corrected chi connectivity index (χ2v) is 7.43. The second-order valence-electron chi connectivity index (χ2n) is 5.49. The first kappa shape index (κ1) is 15.2. The normalized spacial score (nSPS) is 28.6. The average molecular weight is 304 g/mol. The standard InChI is InChI=1S/C12H20N2O5S/c1-20(18,19)14-6-3-2-4-10(14)11(15)13-7-5-9(8-13)12(16)17/h9-10H,2-8H2,1H3,(H,16,17)/t9-,10-/m0/s1. The highest BCUT2D eigenvalue weighted by Gasteiger charge is 2.39. The van der Waals surface area contributed by atoms with Crippen molar-refractivity contribution in [3.8, 4) is 0 Å². The van der Waals surface area contributed by atoms with Crippen molar-refractivity contribution in [2.45, 2.75) is 31.7 Å². The lowest BCUT2D eigenvalue weighted by atomic mass is 10.0. The molecule has 2 aliphatic heterocycles. The summed E-state index contributed by atoms with van der Waals surface area (Å²) >= 11 is 0. The maximum atomic E-state index is 12.5. The van der Waals surface area contributed by atoms with Crippen LogP contribution in [-0.2, 0) is 19.6 Å². The van der Waals surface area contributed by atoms with E-state index in [2.05, 4.69) is 0 Å². The SMILES string of the molecule is CS(=O)(=O)N1CCCC[C@H]1C(=O)N1CC[C@H](C(=O)O)C1. The van der Waals surface area contributed by atoms with Gasteiger partial charge in [0.25, 0.3) is 0 Å². The lowest BCUT2D eigenvalue weighted by molar-refractivity contribution is -0.141. The van der Waals surface area contributed by atoms with E-state index >= 15 is 0 Å². The Morgan fingerprint density at radius 1 is 1.15 bits per heavy atom. The first-order valence-electron chi connectivity index (χ1n) is 6.79. The topological polar surface area (TPSA) is 95.0 Å². The number of rotatable bonds is 3. The van der Waals surface area contributed by atoms with Gasteiger partial charge in [-0.2, -0.15) is 4.31 Å². The molecule has 1 amide bonds. The van der Waals surface area contributed by atoms with Gasteiger partial charge in [-0.15, -0.1) is 0 Å². The van der Waals surface area contributed by atoms with Crippen LogP contribution in [0.3, 0.4) is 0 Å². The molecule has 0 aromatic rings. The van der Waals surface area contributed by atoms with Crippen LogP contribution in [0.5, 0.6) is 0 Å². The highest BCUT2D eigenvalue weighted by Crippen LogP contribution is 2.24. The summed E-state index contributed by atoms with van der Waals surface area (Å²) in [5, 5.41) is 8.96. The van der Waals surface area contributed by atoms with E-state index in [0.717, 1.165) is 19.1 Å². The lowest BCUT2D eigenvalue weighted by Crippen LogP contribution is -2.52. The third-order valence-corrected chi connectivity index (χ3v) is 5.30. The predicted molar refractivity (Wildman–Crippen MR) is 71.5 cm³/mol. The van der Waals surface area contributed by atoms with Crippen LogP contribution in [0.1, 0.15) is 25.7 Å². The van der Waals surface area contributed by atoms with Gasteiger partial charge in [-0.25, -0.2) is 8.42 Å². The summed E-state index contributed by atoms with van der Waals surface area (Å²) < 4.78 is 24.8. The molecular formula is C12H20N2O5S. The largest absolute Gasteiger partial charge is 0.481 e. The van der Waals surface area contributed by atoms with Crippen molar-refractivity contribution < 1.29 is 23.1 Å². The fourth-order valence-electron chi connectivity index (χ4n) is 2.92. The molecule has 7 nitrogen and oxygen atoms in total. The van der Waals surface area contributed by atoms with Crippen molar-refractivity contribution in [3.05, 3.63) is 0 Å². The van der Waals surface area contributed by atoms with Gasteiger partial charge in [0, 0.05) is 19.6 Å². The van der Waals surface area contributed by atoms with Gasteiger partial charge in [-0.05, 0) is 19.3 Å². The molecule has 1 N–H and O–H groups in total. The van der Waals surface area contributed by atoms with Crippen LogP contribution in [0.4, 0.5) is 0 Å². The smallest absolute Gasteiger partial charge is 0.308 e. The lowest BCUT2D eigenvalue weighted by Gasteiger charge is -2.34. The number of piperidine rings is 1.